The van der Waals surface area contributed by atoms with E-state index in [0.717, 1.165) is 0 Å². The quantitative estimate of drug-likeness (QED) is 0.877. The molecular weight excluding hydrogens is 278 g/mol. The van der Waals surface area contributed by atoms with E-state index in [0.29, 0.717) is 22.9 Å². The van der Waals surface area contributed by atoms with E-state index in [2.05, 4.69) is 0 Å². The third-order valence-electron chi connectivity index (χ3n) is 3.44. The molecule has 1 saturated heterocycles. The van der Waals surface area contributed by atoms with Gasteiger partial charge in [-0.3, -0.25) is 9.59 Å². The lowest BCUT2D eigenvalue weighted by Crippen LogP contribution is -2.25. The molecule has 0 bridgehead atoms. The predicted octanol–water partition coefficient (Wildman–Crippen LogP) is 1.15. The Morgan fingerprint density at radius 3 is 2.14 bits per heavy atom. The van der Waals surface area contributed by atoms with Crippen LogP contribution in [0.4, 0.5) is 5.69 Å². The van der Waals surface area contributed by atoms with Crippen molar-refractivity contribution in [2.75, 3.05) is 32.8 Å². The fourth-order valence-corrected chi connectivity index (χ4v) is 2.35. The molecule has 1 N–H and O–H groups in total. The molecule has 0 aliphatic carbocycles. The minimum atomic E-state index is -0.974. The number of ether oxygens (including phenoxy) is 3. The Balaban J connectivity index is 2.40. The average molecular weight is 295 g/mol. The van der Waals surface area contributed by atoms with Crippen LogP contribution in [-0.2, 0) is 9.59 Å². The third kappa shape index (κ3) is 2.72. The highest BCUT2D eigenvalue weighted by Gasteiger charge is 2.35. The summed E-state index contributed by atoms with van der Waals surface area (Å²) in [5.41, 5.74) is 0.526. The maximum absolute atomic E-state index is 12.0. The van der Waals surface area contributed by atoms with Crippen LogP contribution in [0.5, 0.6) is 17.2 Å². The second-order valence-electron chi connectivity index (χ2n) is 4.63. The van der Waals surface area contributed by atoms with Gasteiger partial charge in [-0.2, -0.15) is 0 Å². The highest BCUT2D eigenvalue weighted by Crippen LogP contribution is 2.42. The van der Waals surface area contributed by atoms with E-state index >= 15 is 0 Å². The Hall–Kier alpha value is -2.44. The molecule has 0 aromatic heterocycles. The van der Waals surface area contributed by atoms with Gasteiger partial charge in [0.25, 0.3) is 0 Å². The zero-order valence-electron chi connectivity index (χ0n) is 12.1. The summed E-state index contributed by atoms with van der Waals surface area (Å²) in [6.07, 6.45) is -0.00794. The van der Waals surface area contributed by atoms with Crippen LogP contribution in [0.3, 0.4) is 0 Å². The number of hydrogen-bond donors (Lipinski definition) is 1. The molecular formula is C14H17NO6. The molecule has 114 valence electrons. The van der Waals surface area contributed by atoms with Gasteiger partial charge in [0.2, 0.25) is 11.7 Å². The van der Waals surface area contributed by atoms with E-state index in [9.17, 15) is 9.59 Å². The lowest BCUT2D eigenvalue weighted by Gasteiger charge is -2.20. The van der Waals surface area contributed by atoms with Crippen LogP contribution in [0.2, 0.25) is 0 Å². The number of aliphatic carboxylic acids is 1. The summed E-state index contributed by atoms with van der Waals surface area (Å²) in [6.45, 7) is 0.132. The molecule has 7 heteroatoms. The number of nitrogens with zero attached hydrogens (tertiary/aromatic N) is 1. The minimum absolute atomic E-state index is 0.00794. The number of carbonyl (C=O) groups excluding carboxylic acids is 1. The second-order valence-corrected chi connectivity index (χ2v) is 4.63. The Morgan fingerprint density at radius 1 is 1.19 bits per heavy atom. The van der Waals surface area contributed by atoms with Crippen molar-refractivity contribution in [1.29, 1.82) is 0 Å². The second kappa shape index (κ2) is 5.90. The van der Waals surface area contributed by atoms with Crippen molar-refractivity contribution in [2.24, 2.45) is 5.92 Å². The molecule has 7 nitrogen and oxygen atoms in total. The van der Waals surface area contributed by atoms with Crippen molar-refractivity contribution in [3.8, 4) is 17.2 Å². The van der Waals surface area contributed by atoms with Gasteiger partial charge >= 0.3 is 5.97 Å². The van der Waals surface area contributed by atoms with Crippen molar-refractivity contribution >= 4 is 17.6 Å². The predicted molar refractivity (Wildman–Crippen MR) is 74.2 cm³/mol. The summed E-state index contributed by atoms with van der Waals surface area (Å²) >= 11 is 0. The van der Waals surface area contributed by atoms with E-state index in [1.807, 2.05) is 0 Å². The van der Waals surface area contributed by atoms with Crippen LogP contribution in [0, 0.1) is 5.92 Å². The molecule has 0 radical (unpaired) electrons. The number of methoxy groups -OCH3 is 3. The lowest BCUT2D eigenvalue weighted by atomic mass is 10.1. The van der Waals surface area contributed by atoms with Gasteiger partial charge in [0, 0.05) is 25.1 Å². The smallest absolute Gasteiger partial charge is 0.308 e. The molecule has 1 atom stereocenters. The van der Waals surface area contributed by atoms with Gasteiger partial charge in [-0.25, -0.2) is 0 Å². The SMILES string of the molecule is COc1cc(N2CC(C(=O)O)CC2=O)cc(OC)c1OC. The Kier molecular flexibility index (Phi) is 4.21. The number of carboxylic acid groups (broad SMARTS) is 1. The molecule has 2 rings (SSSR count). The monoisotopic (exact) mass is 295 g/mol. The highest BCUT2D eigenvalue weighted by atomic mass is 16.5. The maximum atomic E-state index is 12.0. The van der Waals surface area contributed by atoms with Crippen molar-refractivity contribution in [3.63, 3.8) is 0 Å². The fourth-order valence-electron chi connectivity index (χ4n) is 2.35. The van der Waals surface area contributed by atoms with Crippen molar-refractivity contribution in [1.82, 2.24) is 0 Å². The van der Waals surface area contributed by atoms with Crippen LogP contribution in [0.15, 0.2) is 12.1 Å². The number of hydrogen-bond acceptors (Lipinski definition) is 5. The van der Waals surface area contributed by atoms with Crippen LogP contribution in [-0.4, -0.2) is 44.9 Å². The minimum Gasteiger partial charge on any atom is -0.493 e. The Morgan fingerprint density at radius 2 is 1.76 bits per heavy atom. The fraction of sp³-hybridized carbons (Fsp3) is 0.429. The summed E-state index contributed by atoms with van der Waals surface area (Å²) in [4.78, 5) is 24.4. The largest absolute Gasteiger partial charge is 0.493 e. The Bertz CT molecular complexity index is 546. The molecule has 1 heterocycles. The average Bonchev–Trinajstić information content (AvgIpc) is 2.87. The van der Waals surface area contributed by atoms with Gasteiger partial charge in [-0.1, -0.05) is 0 Å². The normalized spacial score (nSPS) is 17.8. The molecule has 1 aromatic rings. The lowest BCUT2D eigenvalue weighted by molar-refractivity contribution is -0.141. The van der Waals surface area contributed by atoms with E-state index in [1.54, 1.807) is 12.1 Å². The summed E-state index contributed by atoms with van der Waals surface area (Å²) in [7, 11) is 4.45. The van der Waals surface area contributed by atoms with Gasteiger partial charge in [0.05, 0.1) is 32.9 Å². The zero-order chi connectivity index (χ0) is 15.6. The van der Waals surface area contributed by atoms with Crippen molar-refractivity contribution in [3.05, 3.63) is 12.1 Å². The Labute approximate surface area is 122 Å². The molecule has 1 aliphatic heterocycles. The van der Waals surface area contributed by atoms with Crippen LogP contribution in [0.1, 0.15) is 6.42 Å². The maximum Gasteiger partial charge on any atom is 0.308 e. The van der Waals surface area contributed by atoms with Crippen LogP contribution < -0.4 is 19.1 Å². The molecule has 0 spiro atoms. The first kappa shape index (κ1) is 15.0. The van der Waals surface area contributed by atoms with E-state index in [1.165, 1.54) is 26.2 Å². The number of benzene rings is 1. The third-order valence-corrected chi connectivity index (χ3v) is 3.44. The number of anilines is 1. The van der Waals surface area contributed by atoms with Gasteiger partial charge in [0.15, 0.2) is 11.5 Å². The molecule has 1 aliphatic rings. The first-order chi connectivity index (χ1) is 10.0. The standard InChI is InChI=1S/C14H17NO6/c1-19-10-5-9(6-11(20-2)13(10)21-3)15-7-8(14(17)18)4-12(15)16/h5-6,8H,4,7H2,1-3H3,(H,17,18). The summed E-state index contributed by atoms with van der Waals surface area (Å²) in [5.74, 6) is -0.659. The molecule has 1 amide bonds. The van der Waals surface area contributed by atoms with Crippen LogP contribution >= 0.6 is 0 Å². The first-order valence-corrected chi connectivity index (χ1v) is 6.35. The molecule has 1 fully saturated rings. The number of carboxylic acids is 1. The molecule has 21 heavy (non-hydrogen) atoms. The molecule has 0 saturated carbocycles. The van der Waals surface area contributed by atoms with E-state index in [4.69, 9.17) is 19.3 Å². The van der Waals surface area contributed by atoms with Crippen LogP contribution in [0.25, 0.3) is 0 Å². The summed E-state index contributed by atoms with van der Waals surface area (Å²) < 4.78 is 15.7. The van der Waals surface area contributed by atoms with Gasteiger partial charge in [-0.05, 0) is 0 Å². The van der Waals surface area contributed by atoms with E-state index in [-0.39, 0.29) is 18.9 Å². The van der Waals surface area contributed by atoms with Gasteiger partial charge in [-0.15, -0.1) is 0 Å². The van der Waals surface area contributed by atoms with E-state index < -0.39 is 11.9 Å². The number of carbonyl (C=O) groups is 2. The number of rotatable bonds is 5. The summed E-state index contributed by atoms with van der Waals surface area (Å²) in [6, 6.07) is 3.26. The van der Waals surface area contributed by atoms with Crippen molar-refractivity contribution in [2.45, 2.75) is 6.42 Å². The van der Waals surface area contributed by atoms with Crippen molar-refractivity contribution < 1.29 is 28.9 Å². The van der Waals surface area contributed by atoms with Gasteiger partial charge in [0.1, 0.15) is 0 Å². The first-order valence-electron chi connectivity index (χ1n) is 6.35. The van der Waals surface area contributed by atoms with Gasteiger partial charge < -0.3 is 24.2 Å². The topological polar surface area (TPSA) is 85.3 Å². The molecule has 1 aromatic carbocycles. The summed E-state index contributed by atoms with van der Waals surface area (Å²) in [5, 5.41) is 9.03. The zero-order valence-corrected chi connectivity index (χ0v) is 12.1. The molecule has 1 unspecified atom stereocenters. The number of amides is 1. The highest BCUT2D eigenvalue weighted by molar-refractivity contribution is 5.99.